The first-order valence-electron chi connectivity index (χ1n) is 6.77. The van der Waals surface area contributed by atoms with E-state index in [0.717, 1.165) is 0 Å². The molecule has 1 fully saturated rings. The van der Waals surface area contributed by atoms with E-state index in [0.29, 0.717) is 19.0 Å². The molecule has 1 atom stereocenters. The van der Waals surface area contributed by atoms with Gasteiger partial charge in [-0.15, -0.1) is 11.6 Å². The predicted octanol–water partition coefficient (Wildman–Crippen LogP) is 2.26. The lowest BCUT2D eigenvalue weighted by molar-refractivity contribution is -0.117. The molecule has 21 heavy (non-hydrogen) atoms. The number of halogens is 1. The molecule has 0 bridgehead atoms. The highest BCUT2D eigenvalue weighted by Gasteiger charge is 2.36. The lowest BCUT2D eigenvalue weighted by Gasteiger charge is -2.42. The van der Waals surface area contributed by atoms with Crippen LogP contribution in [0.1, 0.15) is 24.2 Å². The van der Waals surface area contributed by atoms with Crippen LogP contribution in [-0.2, 0) is 4.74 Å². The minimum Gasteiger partial charge on any atom is -0.504 e. The summed E-state index contributed by atoms with van der Waals surface area (Å²) in [6, 6.07) is 4.87. The fourth-order valence-electron chi connectivity index (χ4n) is 2.56. The van der Waals surface area contributed by atoms with Crippen molar-refractivity contribution in [2.45, 2.75) is 25.6 Å². The van der Waals surface area contributed by atoms with E-state index in [9.17, 15) is 9.90 Å². The third kappa shape index (κ3) is 3.41. The van der Waals surface area contributed by atoms with Crippen molar-refractivity contribution in [2.75, 3.05) is 26.1 Å². The maximum Gasteiger partial charge on any atom is 0.257 e. The van der Waals surface area contributed by atoms with Crippen LogP contribution in [0.2, 0.25) is 0 Å². The normalized spacial score (nSPS) is 21.1. The molecule has 0 radical (unpaired) electrons. The van der Waals surface area contributed by atoms with Gasteiger partial charge in [0.1, 0.15) is 0 Å². The third-order valence-electron chi connectivity index (χ3n) is 3.39. The highest BCUT2D eigenvalue weighted by Crippen LogP contribution is 2.31. The van der Waals surface area contributed by atoms with Crippen LogP contribution in [0.25, 0.3) is 0 Å². The number of phenolic OH excluding ortho intramolecular Hbond substituents is 1. The van der Waals surface area contributed by atoms with E-state index < -0.39 is 5.60 Å². The smallest absolute Gasteiger partial charge is 0.257 e. The average Bonchev–Trinajstić information content (AvgIpc) is 2.45. The van der Waals surface area contributed by atoms with E-state index in [2.05, 4.69) is 0 Å². The molecule has 0 aromatic heterocycles. The van der Waals surface area contributed by atoms with E-state index in [1.165, 1.54) is 7.11 Å². The third-order valence-corrected chi connectivity index (χ3v) is 3.73. The molecular weight excluding hydrogens is 294 g/mol. The SMILES string of the molecule is COc1cccc(C(=O)N2CC(CCl)OC(C)(C)C2)c1O. The van der Waals surface area contributed by atoms with Crippen molar-refractivity contribution in [3.63, 3.8) is 0 Å². The molecule has 1 heterocycles. The van der Waals surface area contributed by atoms with Crippen LogP contribution in [0.4, 0.5) is 0 Å². The average molecular weight is 314 g/mol. The second-order valence-electron chi connectivity index (χ2n) is 5.70. The molecule has 0 saturated carbocycles. The van der Waals surface area contributed by atoms with E-state index in [4.69, 9.17) is 21.1 Å². The number of carbonyl (C=O) groups excluding carboxylic acids is 1. The van der Waals surface area contributed by atoms with Crippen LogP contribution in [0.5, 0.6) is 11.5 Å². The monoisotopic (exact) mass is 313 g/mol. The number of phenols is 1. The van der Waals surface area contributed by atoms with Crippen molar-refractivity contribution >= 4 is 17.5 Å². The van der Waals surface area contributed by atoms with E-state index in [-0.39, 0.29) is 29.1 Å². The number of para-hydroxylation sites is 1. The van der Waals surface area contributed by atoms with Gasteiger partial charge in [0, 0.05) is 13.1 Å². The highest BCUT2D eigenvalue weighted by atomic mass is 35.5. The highest BCUT2D eigenvalue weighted by molar-refractivity contribution is 6.18. The van der Waals surface area contributed by atoms with Crippen LogP contribution >= 0.6 is 11.6 Å². The molecule has 2 rings (SSSR count). The molecule has 1 amide bonds. The molecule has 0 spiro atoms. The summed E-state index contributed by atoms with van der Waals surface area (Å²) >= 11 is 5.87. The Balaban J connectivity index is 2.27. The summed E-state index contributed by atoms with van der Waals surface area (Å²) in [5.74, 6) is 0.203. The first-order valence-corrected chi connectivity index (χ1v) is 7.30. The lowest BCUT2D eigenvalue weighted by atomic mass is 10.0. The van der Waals surface area contributed by atoms with E-state index >= 15 is 0 Å². The van der Waals surface area contributed by atoms with Gasteiger partial charge < -0.3 is 19.5 Å². The first-order chi connectivity index (χ1) is 9.88. The zero-order chi connectivity index (χ0) is 15.6. The summed E-state index contributed by atoms with van der Waals surface area (Å²) in [5.41, 5.74) is -0.248. The number of nitrogens with zero attached hydrogens (tertiary/aromatic N) is 1. The van der Waals surface area contributed by atoms with Crippen LogP contribution in [-0.4, -0.2) is 53.7 Å². The minimum atomic E-state index is -0.470. The number of amides is 1. The van der Waals surface area contributed by atoms with Gasteiger partial charge in [-0.3, -0.25) is 4.79 Å². The Bertz CT molecular complexity index is 532. The number of morpholine rings is 1. The molecule has 1 aliphatic rings. The molecule has 1 unspecified atom stereocenters. The fourth-order valence-corrected chi connectivity index (χ4v) is 2.72. The van der Waals surface area contributed by atoms with Crippen molar-refractivity contribution in [2.24, 2.45) is 0 Å². The number of hydrogen-bond donors (Lipinski definition) is 1. The first kappa shape index (κ1) is 15.9. The zero-order valence-electron chi connectivity index (χ0n) is 12.4. The summed E-state index contributed by atoms with van der Waals surface area (Å²) in [6.07, 6.45) is -0.216. The molecule has 1 aromatic rings. The Labute approximate surface area is 129 Å². The van der Waals surface area contributed by atoms with E-state index in [1.54, 1.807) is 23.1 Å². The molecule has 1 saturated heterocycles. The van der Waals surface area contributed by atoms with Gasteiger partial charge in [-0.2, -0.15) is 0 Å². The van der Waals surface area contributed by atoms with Crippen molar-refractivity contribution in [3.8, 4) is 11.5 Å². The second kappa shape index (κ2) is 6.12. The molecule has 116 valence electrons. The Hall–Kier alpha value is -1.46. The van der Waals surface area contributed by atoms with Gasteiger partial charge in [-0.25, -0.2) is 0 Å². The topological polar surface area (TPSA) is 59.0 Å². The van der Waals surface area contributed by atoms with Gasteiger partial charge in [0.15, 0.2) is 11.5 Å². The quantitative estimate of drug-likeness (QED) is 0.870. The Morgan fingerprint density at radius 2 is 2.29 bits per heavy atom. The standard InChI is InChI=1S/C15H20ClNO4/c1-15(2)9-17(8-10(7-16)21-15)14(19)11-5-4-6-12(20-3)13(11)18/h4-6,10,18H,7-9H2,1-3H3. The van der Waals surface area contributed by atoms with Crippen LogP contribution in [0.3, 0.4) is 0 Å². The van der Waals surface area contributed by atoms with E-state index in [1.807, 2.05) is 13.8 Å². The minimum absolute atomic E-state index is 0.142. The van der Waals surface area contributed by atoms with Crippen LogP contribution in [0, 0.1) is 0 Å². The molecule has 6 heteroatoms. The molecule has 1 N–H and O–H groups in total. The Morgan fingerprint density at radius 3 is 2.90 bits per heavy atom. The fraction of sp³-hybridized carbons (Fsp3) is 0.533. The largest absolute Gasteiger partial charge is 0.504 e. The molecule has 0 aliphatic carbocycles. The van der Waals surface area contributed by atoms with Crippen LogP contribution < -0.4 is 4.74 Å². The van der Waals surface area contributed by atoms with Gasteiger partial charge in [0.2, 0.25) is 0 Å². The number of alkyl halides is 1. The predicted molar refractivity (Wildman–Crippen MR) is 80.2 cm³/mol. The Morgan fingerprint density at radius 1 is 1.57 bits per heavy atom. The lowest BCUT2D eigenvalue weighted by Crippen LogP contribution is -2.55. The maximum absolute atomic E-state index is 12.6. The van der Waals surface area contributed by atoms with Crippen molar-refractivity contribution in [3.05, 3.63) is 23.8 Å². The van der Waals surface area contributed by atoms with Gasteiger partial charge in [-0.05, 0) is 26.0 Å². The maximum atomic E-state index is 12.6. The summed E-state index contributed by atoms with van der Waals surface area (Å²) < 4.78 is 10.8. The van der Waals surface area contributed by atoms with Gasteiger partial charge in [0.25, 0.3) is 5.91 Å². The van der Waals surface area contributed by atoms with Gasteiger partial charge >= 0.3 is 0 Å². The van der Waals surface area contributed by atoms with Crippen LogP contribution in [0.15, 0.2) is 18.2 Å². The number of benzene rings is 1. The summed E-state index contributed by atoms with van der Waals surface area (Å²) in [5, 5.41) is 10.1. The zero-order valence-corrected chi connectivity index (χ0v) is 13.2. The van der Waals surface area contributed by atoms with Gasteiger partial charge in [0.05, 0.1) is 30.3 Å². The second-order valence-corrected chi connectivity index (χ2v) is 6.00. The summed E-state index contributed by atoms with van der Waals surface area (Å²) in [6.45, 7) is 4.67. The number of hydrogen-bond acceptors (Lipinski definition) is 4. The van der Waals surface area contributed by atoms with Gasteiger partial charge in [-0.1, -0.05) is 6.07 Å². The molecule has 5 nitrogen and oxygen atoms in total. The number of carbonyl (C=O) groups is 1. The summed E-state index contributed by atoms with van der Waals surface area (Å²) in [4.78, 5) is 14.3. The number of rotatable bonds is 3. The van der Waals surface area contributed by atoms with Crippen molar-refractivity contribution < 1.29 is 19.4 Å². The summed E-state index contributed by atoms with van der Waals surface area (Å²) in [7, 11) is 1.45. The molecular formula is C15H20ClNO4. The number of ether oxygens (including phenoxy) is 2. The van der Waals surface area contributed by atoms with Crippen molar-refractivity contribution in [1.29, 1.82) is 0 Å². The number of aromatic hydroxyl groups is 1. The Kier molecular flexibility index (Phi) is 4.64. The molecule has 1 aromatic carbocycles. The van der Waals surface area contributed by atoms with Crippen molar-refractivity contribution in [1.82, 2.24) is 4.90 Å². The molecule has 1 aliphatic heterocycles. The number of methoxy groups -OCH3 is 1.